The van der Waals surface area contributed by atoms with Crippen molar-refractivity contribution in [3.05, 3.63) is 63.5 Å². The van der Waals surface area contributed by atoms with Gasteiger partial charge in [0, 0.05) is 45.8 Å². The Kier molecular flexibility index (Phi) is 7.09. The molecule has 1 aliphatic heterocycles. The largest absolute Gasteiger partial charge is 0.481 e. The summed E-state index contributed by atoms with van der Waals surface area (Å²) >= 11 is 11.8. The summed E-state index contributed by atoms with van der Waals surface area (Å²) in [5.41, 5.74) is 2.05. The molecule has 1 amide bonds. The fraction of sp³-hybridized carbons (Fsp3) is 0.174. The van der Waals surface area contributed by atoms with E-state index in [0.717, 1.165) is 30.9 Å². The van der Waals surface area contributed by atoms with E-state index in [2.05, 4.69) is 44.8 Å². The first-order valence-corrected chi connectivity index (χ1v) is 12.7. The van der Waals surface area contributed by atoms with Gasteiger partial charge in [-0.1, -0.05) is 69.9 Å². The first kappa shape index (κ1) is 23.1. The van der Waals surface area contributed by atoms with Gasteiger partial charge in [0.2, 0.25) is 0 Å². The molecule has 5 nitrogen and oxygen atoms in total. The smallest absolute Gasteiger partial charge is 0.303 e. The highest BCUT2D eigenvalue weighted by Crippen LogP contribution is 2.41. The molecule has 32 heavy (non-hydrogen) atoms. The second-order valence-corrected chi connectivity index (χ2v) is 10.8. The topological polar surface area (TPSA) is 62.5 Å². The van der Waals surface area contributed by atoms with E-state index >= 15 is 0 Å². The van der Waals surface area contributed by atoms with Crippen LogP contribution in [0.2, 0.25) is 0 Å². The summed E-state index contributed by atoms with van der Waals surface area (Å²) in [5, 5.41) is 11.0. The third-order valence-corrected chi connectivity index (χ3v) is 8.14. The molecule has 2 heterocycles. The van der Waals surface area contributed by atoms with Crippen molar-refractivity contribution in [2.75, 3.05) is 6.54 Å². The maximum absolute atomic E-state index is 13.0. The standard InChI is InChI=1S/C23H19BrN2O3S3/c1-25-18-6-3-2-5-16(18)17(22(25)31-15-10-8-14(24)9-11-15)13-19-21(29)26(23(30)32-19)12-4-7-20(27)28/h2-3,5-6,8-11,13H,4,7,12H2,1H3,(H,27,28)/b19-13+. The summed E-state index contributed by atoms with van der Waals surface area (Å²) in [5.74, 6) is -1.05. The van der Waals surface area contributed by atoms with Gasteiger partial charge in [0.1, 0.15) is 4.32 Å². The number of thiocarbonyl (C=S) groups is 1. The van der Waals surface area contributed by atoms with Crippen molar-refractivity contribution in [3.8, 4) is 0 Å². The van der Waals surface area contributed by atoms with Gasteiger partial charge < -0.3 is 9.67 Å². The van der Waals surface area contributed by atoms with Crippen LogP contribution in [0.3, 0.4) is 0 Å². The van der Waals surface area contributed by atoms with Crippen LogP contribution < -0.4 is 0 Å². The molecule has 4 rings (SSSR count). The molecule has 0 atom stereocenters. The van der Waals surface area contributed by atoms with Crippen molar-refractivity contribution < 1.29 is 14.7 Å². The number of carboxylic acid groups (broad SMARTS) is 1. The fourth-order valence-corrected chi connectivity index (χ4v) is 6.05. The number of para-hydroxylation sites is 1. The van der Waals surface area contributed by atoms with Crippen molar-refractivity contribution >= 4 is 84.8 Å². The van der Waals surface area contributed by atoms with Crippen molar-refractivity contribution in [2.45, 2.75) is 22.8 Å². The van der Waals surface area contributed by atoms with Gasteiger partial charge in [-0.3, -0.25) is 14.5 Å². The van der Waals surface area contributed by atoms with E-state index in [-0.39, 0.29) is 12.3 Å². The average Bonchev–Trinajstić information content (AvgIpc) is 3.18. The molecular formula is C23H19BrN2O3S3. The Labute approximate surface area is 208 Å². The molecule has 1 aliphatic rings. The van der Waals surface area contributed by atoms with Gasteiger partial charge in [-0.15, -0.1) is 0 Å². The van der Waals surface area contributed by atoms with Gasteiger partial charge in [0.05, 0.1) is 9.93 Å². The molecule has 0 saturated carbocycles. The molecule has 2 aromatic carbocycles. The number of thioether (sulfide) groups is 1. The molecule has 0 spiro atoms. The van der Waals surface area contributed by atoms with Crippen LogP contribution in [0.4, 0.5) is 0 Å². The molecule has 3 aromatic rings. The van der Waals surface area contributed by atoms with E-state index in [9.17, 15) is 9.59 Å². The zero-order chi connectivity index (χ0) is 22.8. The maximum atomic E-state index is 13.0. The number of aromatic nitrogens is 1. The number of halogens is 1. The quantitative estimate of drug-likeness (QED) is 0.283. The predicted molar refractivity (Wildman–Crippen MR) is 138 cm³/mol. The Morgan fingerprint density at radius 2 is 1.94 bits per heavy atom. The lowest BCUT2D eigenvalue weighted by molar-refractivity contribution is -0.137. The predicted octanol–water partition coefficient (Wildman–Crippen LogP) is 6.16. The maximum Gasteiger partial charge on any atom is 0.303 e. The first-order chi connectivity index (χ1) is 15.3. The molecule has 1 aromatic heterocycles. The Hall–Kier alpha value is -2.07. The number of hydrogen-bond acceptors (Lipinski definition) is 5. The molecule has 1 N–H and O–H groups in total. The number of hydrogen-bond donors (Lipinski definition) is 1. The number of benzene rings is 2. The molecule has 1 saturated heterocycles. The summed E-state index contributed by atoms with van der Waals surface area (Å²) in [4.78, 5) is 27.0. The molecule has 0 radical (unpaired) electrons. The van der Waals surface area contributed by atoms with Crippen molar-refractivity contribution in [3.63, 3.8) is 0 Å². The van der Waals surface area contributed by atoms with Crippen LogP contribution >= 0.6 is 51.7 Å². The minimum atomic E-state index is -0.878. The highest BCUT2D eigenvalue weighted by molar-refractivity contribution is 9.10. The SMILES string of the molecule is Cn1c(Sc2ccc(Br)cc2)c(/C=C2/SC(=S)N(CCCC(=O)O)C2=O)c2ccccc21. The summed E-state index contributed by atoms with van der Waals surface area (Å²) in [6.07, 6.45) is 2.29. The number of aliphatic carboxylic acids is 1. The average molecular weight is 548 g/mol. The van der Waals surface area contributed by atoms with E-state index in [1.54, 1.807) is 11.8 Å². The molecule has 0 unspecified atom stereocenters. The monoisotopic (exact) mass is 546 g/mol. The summed E-state index contributed by atoms with van der Waals surface area (Å²) in [7, 11) is 2.03. The number of carboxylic acids is 1. The van der Waals surface area contributed by atoms with Crippen molar-refractivity contribution in [1.82, 2.24) is 9.47 Å². The molecule has 1 fully saturated rings. The van der Waals surface area contributed by atoms with E-state index < -0.39 is 5.97 Å². The lowest BCUT2D eigenvalue weighted by atomic mass is 10.1. The van der Waals surface area contributed by atoms with Crippen molar-refractivity contribution in [1.29, 1.82) is 0 Å². The first-order valence-electron chi connectivity index (χ1n) is 9.83. The lowest BCUT2D eigenvalue weighted by Gasteiger charge is -2.13. The van der Waals surface area contributed by atoms with E-state index in [4.69, 9.17) is 17.3 Å². The molecular weight excluding hydrogens is 528 g/mol. The van der Waals surface area contributed by atoms with Crippen LogP contribution in [-0.2, 0) is 16.6 Å². The van der Waals surface area contributed by atoms with Crippen LogP contribution in [0, 0.1) is 0 Å². The number of rotatable bonds is 7. The highest BCUT2D eigenvalue weighted by atomic mass is 79.9. The van der Waals surface area contributed by atoms with E-state index in [0.29, 0.717) is 22.2 Å². The highest BCUT2D eigenvalue weighted by Gasteiger charge is 2.32. The molecule has 164 valence electrons. The number of fused-ring (bicyclic) bond motifs is 1. The fourth-order valence-electron chi connectivity index (χ4n) is 3.49. The van der Waals surface area contributed by atoms with Gasteiger partial charge in [-0.05, 0) is 42.8 Å². The van der Waals surface area contributed by atoms with Crippen LogP contribution in [0.1, 0.15) is 18.4 Å². The Morgan fingerprint density at radius 3 is 2.66 bits per heavy atom. The molecule has 0 aliphatic carbocycles. The number of amides is 1. The van der Waals surface area contributed by atoms with Crippen LogP contribution in [-0.4, -0.2) is 37.3 Å². The zero-order valence-corrected chi connectivity index (χ0v) is 21.1. The van der Waals surface area contributed by atoms with Gasteiger partial charge in [0.15, 0.2) is 0 Å². The minimum absolute atomic E-state index is 0.00735. The van der Waals surface area contributed by atoms with Crippen LogP contribution in [0.25, 0.3) is 17.0 Å². The third-order valence-electron chi connectivity index (χ3n) is 5.04. The van der Waals surface area contributed by atoms with Gasteiger partial charge in [-0.25, -0.2) is 0 Å². The number of aryl methyl sites for hydroxylation is 1. The third kappa shape index (κ3) is 4.80. The summed E-state index contributed by atoms with van der Waals surface area (Å²) in [6.45, 7) is 0.310. The molecule has 0 bridgehead atoms. The number of nitrogens with zero attached hydrogens (tertiary/aromatic N) is 2. The van der Waals surface area contributed by atoms with Gasteiger partial charge in [0.25, 0.3) is 5.91 Å². The minimum Gasteiger partial charge on any atom is -0.481 e. The number of carbonyl (C=O) groups excluding carboxylic acids is 1. The lowest BCUT2D eigenvalue weighted by Crippen LogP contribution is -2.29. The van der Waals surface area contributed by atoms with Crippen molar-refractivity contribution in [2.24, 2.45) is 7.05 Å². The van der Waals surface area contributed by atoms with Crippen LogP contribution in [0.5, 0.6) is 0 Å². The van der Waals surface area contributed by atoms with E-state index in [1.165, 1.54) is 16.7 Å². The second kappa shape index (κ2) is 9.82. The van der Waals surface area contributed by atoms with E-state index in [1.807, 2.05) is 37.4 Å². The van der Waals surface area contributed by atoms with Crippen LogP contribution in [0.15, 0.2) is 67.8 Å². The number of carbonyl (C=O) groups is 2. The Balaban J connectivity index is 1.71. The van der Waals surface area contributed by atoms with Gasteiger partial charge in [-0.2, -0.15) is 0 Å². The normalized spacial score (nSPS) is 15.3. The molecule has 9 heteroatoms. The van der Waals surface area contributed by atoms with Gasteiger partial charge >= 0.3 is 5.97 Å². The zero-order valence-electron chi connectivity index (χ0n) is 17.1. The summed E-state index contributed by atoms with van der Waals surface area (Å²) in [6, 6.07) is 16.2. The Morgan fingerprint density at radius 1 is 1.22 bits per heavy atom. The second-order valence-electron chi connectivity index (χ2n) is 7.18. The Bertz CT molecular complexity index is 1250. The summed E-state index contributed by atoms with van der Waals surface area (Å²) < 4.78 is 3.63.